The summed E-state index contributed by atoms with van der Waals surface area (Å²) in [7, 11) is 0. The zero-order chi connectivity index (χ0) is 61.4. The Hall–Kier alpha value is -10.3. The van der Waals surface area contributed by atoms with Gasteiger partial charge in [-0.2, -0.15) is 15.5 Å². The second-order valence-corrected chi connectivity index (χ2v) is 23.9. The highest BCUT2D eigenvalue weighted by atomic mass is 32.1. The van der Waals surface area contributed by atoms with E-state index in [1.807, 2.05) is 96.3 Å². The monoisotopic (exact) mass is 1250 g/mol. The summed E-state index contributed by atoms with van der Waals surface area (Å²) >= 11 is 3.68. The normalized spacial score (nSPS) is 14.0. The quantitative estimate of drug-likeness (QED) is 0.0459. The third-order valence-corrected chi connectivity index (χ3v) is 17.7. The van der Waals surface area contributed by atoms with Gasteiger partial charge in [-0.15, -0.1) is 58.4 Å². The van der Waals surface area contributed by atoms with Crippen LogP contribution in [-0.4, -0.2) is 179 Å². The molecule has 0 atom stereocenters. The van der Waals surface area contributed by atoms with Crippen molar-refractivity contribution < 1.29 is 0 Å². The number of hydrogen-bond donors (Lipinski definition) is 4. The van der Waals surface area contributed by atoms with Crippen molar-refractivity contribution in [1.82, 2.24) is 127 Å². The van der Waals surface area contributed by atoms with Gasteiger partial charge in [0.2, 0.25) is 11.6 Å². The summed E-state index contributed by atoms with van der Waals surface area (Å²) in [5, 5.41) is 69.0. The Morgan fingerprint density at radius 1 is 0.429 bits per heavy atom. The van der Waals surface area contributed by atoms with E-state index < -0.39 is 0 Å². The maximum atomic E-state index is 5.02. The number of tetrazole rings is 4. The number of aryl methyl sites for hydroxylation is 1. The van der Waals surface area contributed by atoms with Crippen molar-refractivity contribution in [3.63, 3.8) is 0 Å². The van der Waals surface area contributed by atoms with Crippen molar-refractivity contribution in [1.29, 1.82) is 0 Å². The Morgan fingerprint density at radius 2 is 0.901 bits per heavy atom. The van der Waals surface area contributed by atoms with Crippen molar-refractivity contribution in [2.45, 2.75) is 71.5 Å². The molecule has 0 saturated carbocycles. The van der Waals surface area contributed by atoms with E-state index >= 15 is 0 Å². The minimum atomic E-state index is 0.466. The molecule has 1 fully saturated rings. The molecule has 0 aromatic carbocycles. The van der Waals surface area contributed by atoms with E-state index in [9.17, 15) is 0 Å². The molecule has 1 saturated heterocycles. The predicted octanol–water partition coefficient (Wildman–Crippen LogP) is 9.15. The number of nitrogens with one attached hydrogen (secondary N) is 4. The molecule has 0 unspecified atom stereocenters. The number of thiophene rings is 2. The number of aromatic nitrogens is 22. The van der Waals surface area contributed by atoms with E-state index in [0.29, 0.717) is 95.0 Å². The Bertz CT molecular complexity index is 4130. The third kappa shape index (κ3) is 15.6. The molecule has 14 heterocycles. The van der Waals surface area contributed by atoms with Gasteiger partial charge in [0.05, 0.1) is 45.6 Å². The van der Waals surface area contributed by atoms with Crippen LogP contribution in [0.2, 0.25) is 0 Å². The van der Waals surface area contributed by atoms with E-state index in [-0.39, 0.29) is 0 Å². The summed E-state index contributed by atoms with van der Waals surface area (Å²) in [5.41, 5.74) is 11.0. The molecular formula is C61H62N28S2. The molecular weight excluding hydrogens is 1190 g/mol. The predicted molar refractivity (Wildman–Crippen MR) is 342 cm³/mol. The lowest BCUT2D eigenvalue weighted by atomic mass is 10.1. The van der Waals surface area contributed by atoms with E-state index in [0.717, 1.165) is 84.6 Å². The highest BCUT2D eigenvalue weighted by Gasteiger charge is 2.22. The van der Waals surface area contributed by atoms with Crippen molar-refractivity contribution >= 4 is 28.4 Å². The van der Waals surface area contributed by atoms with Crippen molar-refractivity contribution in [3.8, 4) is 89.0 Å². The fraction of sp³-hybridized carbons (Fsp3) is 0.295. The van der Waals surface area contributed by atoms with Crippen LogP contribution in [0.15, 0.2) is 143 Å². The van der Waals surface area contributed by atoms with Crippen molar-refractivity contribution in [3.05, 3.63) is 155 Å². The first-order chi connectivity index (χ1) is 45.0. The van der Waals surface area contributed by atoms with Crippen LogP contribution in [0.5, 0.6) is 0 Å². The first-order valence-corrected chi connectivity index (χ1v) is 31.7. The van der Waals surface area contributed by atoms with Gasteiger partial charge in [-0.1, -0.05) is 69.4 Å². The molecule has 28 nitrogen and oxygen atoms in total. The van der Waals surface area contributed by atoms with Crippen molar-refractivity contribution in [2.75, 3.05) is 45.8 Å². The molecule has 0 spiro atoms. The van der Waals surface area contributed by atoms with E-state index in [4.69, 9.17) is 29.9 Å². The Labute approximate surface area is 529 Å². The van der Waals surface area contributed by atoms with Gasteiger partial charge in [0.25, 0.3) is 0 Å². The molecule has 0 bridgehead atoms. The average Bonchev–Trinajstić information content (AvgIpc) is 2.91. The number of H-pyrrole nitrogens is 4. The number of unbranched alkanes of at least 4 members (excludes halogenated alkanes) is 5. The highest BCUT2D eigenvalue weighted by Crippen LogP contribution is 2.40. The van der Waals surface area contributed by atoms with Gasteiger partial charge in [-0.05, 0) is 152 Å². The molecule has 30 heteroatoms. The highest BCUT2D eigenvalue weighted by molar-refractivity contribution is 7.23. The summed E-state index contributed by atoms with van der Waals surface area (Å²) in [6.07, 6.45) is 9.04. The molecule has 14 rings (SSSR count). The molecule has 12 aromatic rings. The molecule has 12 aromatic heterocycles. The summed E-state index contributed by atoms with van der Waals surface area (Å²) < 4.78 is 0. The first kappa shape index (κ1) is 59.7. The fourth-order valence-electron chi connectivity index (χ4n) is 10.6. The topological polar surface area (TPSA) is 342 Å². The largest absolute Gasteiger partial charge is 0.295 e. The lowest BCUT2D eigenvalue weighted by Crippen LogP contribution is -2.35. The Kier molecular flexibility index (Phi) is 19.3. The number of hydrogen-bond acceptors (Lipinski definition) is 26. The van der Waals surface area contributed by atoms with Gasteiger partial charge < -0.3 is 0 Å². The van der Waals surface area contributed by atoms with Crippen LogP contribution in [0.1, 0.15) is 73.1 Å². The molecule has 2 aliphatic heterocycles. The third-order valence-electron chi connectivity index (χ3n) is 15.3. The van der Waals surface area contributed by atoms with Crippen LogP contribution < -0.4 is 0 Å². The molecule has 0 amide bonds. The van der Waals surface area contributed by atoms with Gasteiger partial charge in [-0.3, -0.25) is 19.7 Å². The lowest BCUT2D eigenvalue weighted by Gasteiger charge is -2.25. The van der Waals surface area contributed by atoms with Crippen LogP contribution in [-0.2, 0) is 26.1 Å². The number of rotatable bonds is 22. The minimum Gasteiger partial charge on any atom is -0.295 e. The van der Waals surface area contributed by atoms with E-state index in [1.54, 1.807) is 11.3 Å². The van der Waals surface area contributed by atoms with Crippen LogP contribution in [0.3, 0.4) is 0 Å². The Morgan fingerprint density at radius 3 is 1.42 bits per heavy atom. The summed E-state index contributed by atoms with van der Waals surface area (Å²) in [6, 6.07) is 42.4. The zero-order valence-electron chi connectivity index (χ0n) is 49.7. The fourth-order valence-corrected chi connectivity index (χ4v) is 12.7. The second-order valence-electron chi connectivity index (χ2n) is 21.7. The standard InChI is InChI=1S/C33H31N11S2.C28H31N17/c1-2-3-4-5-6-7-10-22-15-16-30(45-22)31-18-17-29(46-31)21-19-27(23-11-8-13-25(34-23)32-37-41-42-38-32)36-28(20-21)24-12-9-14-26(35-24)33-39-43-44-40-33;1-4-20(30-23(7-1)26-16-29-38-33-26)17-43-10-12-44(18-21-5-2-8-24(31-21)27-34-39-40-35-27)14-15-45(13-11-43)19-22-6-3-9-25(32-22)28-36-41-42-37-28/h8-9,11-20H,2-7,10H2,1H3,(H,37,38,41,42)(H,39,40,43,44);1-9H,10-19H2,(H,34,35,39,40)(H,36,37,41,42). The summed E-state index contributed by atoms with van der Waals surface area (Å²) in [6.45, 7) is 10.1. The molecule has 458 valence electrons. The number of nitrogens with zero attached hydrogens (tertiary/aromatic N) is 24. The van der Waals surface area contributed by atoms with Gasteiger partial charge in [0, 0.05) is 78.4 Å². The maximum absolute atomic E-state index is 5.02. The maximum Gasteiger partial charge on any atom is 0.222 e. The minimum absolute atomic E-state index is 0.466. The van der Waals surface area contributed by atoms with Crippen molar-refractivity contribution in [2.24, 2.45) is 15.4 Å². The van der Waals surface area contributed by atoms with Gasteiger partial charge >= 0.3 is 0 Å². The van der Waals surface area contributed by atoms with Gasteiger partial charge in [0.1, 0.15) is 35.0 Å². The molecule has 0 aliphatic carbocycles. The molecule has 2 aliphatic rings. The SMILES string of the molecule is CCCCCCCCc1ccc(-c2ccc(-c3cc(-c4cccc(-c5nnn[nH]5)n4)nc(-c4cccc(-c5nnn[nH]5)n4)c3)s2)s1.c1cc(CN2CCN(Cc3cccc(-c4nn[nH]n4)n3)CCN(Cc3cccc(-c4nn[nH]n4)n3)CC2)nc(C2=NN=NC2)c1. The lowest BCUT2D eigenvalue weighted by molar-refractivity contribution is 0.207. The first-order valence-electron chi connectivity index (χ1n) is 30.1. The molecule has 91 heavy (non-hydrogen) atoms. The Balaban J connectivity index is 0.000000167. The number of aromatic amines is 4. The molecule has 4 N–H and O–H groups in total. The smallest absolute Gasteiger partial charge is 0.222 e. The van der Waals surface area contributed by atoms with E-state index in [1.165, 1.54) is 53.2 Å². The zero-order valence-corrected chi connectivity index (χ0v) is 51.3. The number of pyridine rings is 6. The average molecular weight is 1250 g/mol. The van der Waals surface area contributed by atoms with Crippen LogP contribution in [0.25, 0.3) is 89.0 Å². The van der Waals surface area contributed by atoms with E-state index in [2.05, 4.69) is 162 Å². The van der Waals surface area contributed by atoms with Crippen LogP contribution in [0.4, 0.5) is 0 Å². The summed E-state index contributed by atoms with van der Waals surface area (Å²) in [4.78, 5) is 41.7. The van der Waals surface area contributed by atoms with Crippen LogP contribution >= 0.6 is 22.7 Å². The van der Waals surface area contributed by atoms with Gasteiger partial charge in [0.15, 0.2) is 11.6 Å². The van der Waals surface area contributed by atoms with Crippen LogP contribution in [0, 0.1) is 0 Å². The van der Waals surface area contributed by atoms with Gasteiger partial charge in [-0.25, -0.2) is 35.1 Å². The second kappa shape index (κ2) is 29.4. The summed E-state index contributed by atoms with van der Waals surface area (Å²) in [5.74, 6) is 1.94. The molecule has 0 radical (unpaired) electrons.